The first-order chi connectivity index (χ1) is 14.8. The highest BCUT2D eigenvalue weighted by atomic mass is 35.5. The number of benzene rings is 2. The molecule has 2 aromatic carbocycles. The zero-order valence-electron chi connectivity index (χ0n) is 16.5. The number of nitrogens with one attached hydrogen (secondary N) is 2. The van der Waals surface area contributed by atoms with Gasteiger partial charge >= 0.3 is 0 Å². The molecule has 31 heavy (non-hydrogen) atoms. The van der Waals surface area contributed by atoms with Crippen molar-refractivity contribution in [2.45, 2.75) is 17.9 Å². The molecule has 0 spiro atoms. The quantitative estimate of drug-likeness (QED) is 0.350. The average molecular weight is 484 g/mol. The van der Waals surface area contributed by atoms with Crippen LogP contribution < -0.4 is 21.5 Å². The van der Waals surface area contributed by atoms with Crippen LogP contribution in [-0.4, -0.2) is 26.5 Å². The van der Waals surface area contributed by atoms with Crippen LogP contribution in [0.1, 0.15) is 11.1 Å². The number of nitrogens with two attached hydrogens (primary N) is 2. The predicted octanol–water partition coefficient (Wildman–Crippen LogP) is 3.42. The number of thiazole rings is 1. The number of rotatable bonds is 10. The molecule has 6 N–H and O–H groups in total. The van der Waals surface area contributed by atoms with Gasteiger partial charge in [0.05, 0.1) is 10.7 Å². The molecule has 3 rings (SSSR count). The van der Waals surface area contributed by atoms with Crippen molar-refractivity contribution in [1.82, 2.24) is 4.98 Å². The lowest BCUT2D eigenvalue weighted by Crippen LogP contribution is -2.25. The van der Waals surface area contributed by atoms with Gasteiger partial charge in [0.15, 0.2) is 5.13 Å². The summed E-state index contributed by atoms with van der Waals surface area (Å²) < 4.78 is 41.8. The number of halogens is 2. The SMILES string of the molecule is NCc1ccc(C[C@H](CN)CNc2cc(F)c(S(=O)(=O)Nc3nccs3)cc2Cl)cc1. The lowest BCUT2D eigenvalue weighted by atomic mass is 9.98. The minimum absolute atomic E-state index is 0.0674. The van der Waals surface area contributed by atoms with Crippen molar-refractivity contribution >= 4 is 43.8 Å². The van der Waals surface area contributed by atoms with Crippen LogP contribution in [0.4, 0.5) is 15.2 Å². The van der Waals surface area contributed by atoms with E-state index in [1.165, 1.54) is 6.20 Å². The monoisotopic (exact) mass is 483 g/mol. The first-order valence-electron chi connectivity index (χ1n) is 9.45. The summed E-state index contributed by atoms with van der Waals surface area (Å²) >= 11 is 7.32. The third-order valence-electron chi connectivity index (χ3n) is 4.66. The topological polar surface area (TPSA) is 123 Å². The van der Waals surface area contributed by atoms with Crippen LogP contribution in [0.15, 0.2) is 52.9 Å². The minimum atomic E-state index is -4.15. The number of anilines is 2. The zero-order valence-corrected chi connectivity index (χ0v) is 18.9. The Kier molecular flexibility index (Phi) is 7.84. The van der Waals surface area contributed by atoms with Gasteiger partial charge in [-0.25, -0.2) is 17.8 Å². The number of nitrogens with zero attached hydrogens (tertiary/aromatic N) is 1. The van der Waals surface area contributed by atoms with Gasteiger partial charge in [0.1, 0.15) is 10.7 Å². The maximum Gasteiger partial charge on any atom is 0.266 e. The molecule has 1 aromatic heterocycles. The van der Waals surface area contributed by atoms with Gasteiger partial charge in [0.25, 0.3) is 10.0 Å². The second-order valence-electron chi connectivity index (χ2n) is 6.91. The summed E-state index contributed by atoms with van der Waals surface area (Å²) in [6, 6.07) is 10.1. The maximum absolute atomic E-state index is 14.6. The fraction of sp³-hybridized carbons (Fsp3) is 0.250. The molecule has 0 unspecified atom stereocenters. The van der Waals surface area contributed by atoms with Crippen molar-refractivity contribution in [3.05, 3.63) is 69.9 Å². The van der Waals surface area contributed by atoms with E-state index >= 15 is 0 Å². The van der Waals surface area contributed by atoms with Crippen LogP contribution in [0.5, 0.6) is 0 Å². The first kappa shape index (κ1) is 23.4. The molecular formula is C20H23ClFN5O2S2. The zero-order chi connectivity index (χ0) is 22.4. The van der Waals surface area contributed by atoms with E-state index in [1.807, 2.05) is 24.3 Å². The van der Waals surface area contributed by atoms with Gasteiger partial charge in [0.2, 0.25) is 0 Å². The molecule has 0 aliphatic rings. The Balaban J connectivity index is 1.69. The highest BCUT2D eigenvalue weighted by molar-refractivity contribution is 7.93. The minimum Gasteiger partial charge on any atom is -0.383 e. The van der Waals surface area contributed by atoms with Crippen molar-refractivity contribution in [2.24, 2.45) is 17.4 Å². The van der Waals surface area contributed by atoms with Crippen LogP contribution in [0.3, 0.4) is 0 Å². The summed E-state index contributed by atoms with van der Waals surface area (Å²) in [7, 11) is -4.15. The summed E-state index contributed by atoms with van der Waals surface area (Å²) in [5.41, 5.74) is 14.0. The molecule has 0 saturated heterocycles. The van der Waals surface area contributed by atoms with Crippen molar-refractivity contribution in [1.29, 1.82) is 0 Å². The summed E-state index contributed by atoms with van der Waals surface area (Å²) in [6.45, 7) is 1.34. The molecule has 0 saturated carbocycles. The molecule has 0 fully saturated rings. The number of hydrogen-bond donors (Lipinski definition) is 4. The third kappa shape index (κ3) is 6.14. The molecule has 0 aliphatic heterocycles. The van der Waals surface area contributed by atoms with E-state index in [1.54, 1.807) is 5.38 Å². The average Bonchev–Trinajstić information content (AvgIpc) is 3.25. The highest BCUT2D eigenvalue weighted by Crippen LogP contribution is 2.29. The van der Waals surface area contributed by atoms with Crippen LogP contribution in [0, 0.1) is 11.7 Å². The van der Waals surface area contributed by atoms with E-state index in [0.717, 1.165) is 41.0 Å². The predicted molar refractivity (Wildman–Crippen MR) is 123 cm³/mol. The fourth-order valence-corrected chi connectivity index (χ4v) is 5.12. The largest absolute Gasteiger partial charge is 0.383 e. The van der Waals surface area contributed by atoms with E-state index < -0.39 is 20.7 Å². The molecule has 11 heteroatoms. The summed E-state index contributed by atoms with van der Waals surface area (Å²) in [5, 5.41) is 4.91. The first-order valence-corrected chi connectivity index (χ1v) is 12.2. The standard InChI is InChI=1S/C20H23ClFN5O2S2/c21-16-8-19(31(28,29)27-20-25-5-6-30-20)17(22)9-18(16)26-12-15(11-24)7-13-1-3-14(10-23)4-2-13/h1-6,8-9,15,26H,7,10-12,23-24H2,(H,25,27)/t15-/m1/s1. The number of sulfonamides is 1. The van der Waals surface area contributed by atoms with Gasteiger partial charge in [-0.2, -0.15) is 0 Å². The number of hydrogen-bond acceptors (Lipinski definition) is 7. The van der Waals surface area contributed by atoms with E-state index in [9.17, 15) is 12.8 Å². The van der Waals surface area contributed by atoms with E-state index in [4.69, 9.17) is 23.1 Å². The Morgan fingerprint density at radius 1 is 1.16 bits per heavy atom. The van der Waals surface area contributed by atoms with Gasteiger partial charge < -0.3 is 16.8 Å². The second-order valence-corrected chi connectivity index (χ2v) is 9.87. The molecule has 0 radical (unpaired) electrons. The lowest BCUT2D eigenvalue weighted by molar-refractivity contribution is 0.561. The highest BCUT2D eigenvalue weighted by Gasteiger charge is 2.22. The molecule has 0 amide bonds. The Morgan fingerprint density at radius 2 is 1.87 bits per heavy atom. The molecule has 1 heterocycles. The smallest absolute Gasteiger partial charge is 0.266 e. The van der Waals surface area contributed by atoms with E-state index in [0.29, 0.717) is 25.3 Å². The van der Waals surface area contributed by atoms with Crippen molar-refractivity contribution < 1.29 is 12.8 Å². The molecule has 0 aliphatic carbocycles. The third-order valence-corrected chi connectivity index (χ3v) is 7.15. The van der Waals surface area contributed by atoms with Gasteiger partial charge in [0, 0.05) is 24.7 Å². The molecule has 7 nitrogen and oxygen atoms in total. The van der Waals surface area contributed by atoms with Crippen LogP contribution in [-0.2, 0) is 23.0 Å². The molecule has 1 atom stereocenters. The Hall–Kier alpha value is -2.24. The lowest BCUT2D eigenvalue weighted by Gasteiger charge is -2.18. The van der Waals surface area contributed by atoms with Gasteiger partial charge in [-0.1, -0.05) is 35.9 Å². The molecule has 166 valence electrons. The second kappa shape index (κ2) is 10.4. The maximum atomic E-state index is 14.6. The van der Waals surface area contributed by atoms with Gasteiger partial charge in [-0.05, 0) is 42.1 Å². The fourth-order valence-electron chi connectivity index (χ4n) is 2.95. The Bertz CT molecular complexity index is 1110. The van der Waals surface area contributed by atoms with Crippen LogP contribution in [0.2, 0.25) is 5.02 Å². The summed E-state index contributed by atoms with van der Waals surface area (Å²) in [6.07, 6.45) is 2.16. The van der Waals surface area contributed by atoms with Crippen molar-refractivity contribution in [3.63, 3.8) is 0 Å². The van der Waals surface area contributed by atoms with E-state index in [-0.39, 0.29) is 16.1 Å². The normalized spacial score (nSPS) is 12.5. The van der Waals surface area contributed by atoms with Gasteiger partial charge in [-0.15, -0.1) is 11.3 Å². The summed E-state index contributed by atoms with van der Waals surface area (Å²) in [4.78, 5) is 3.29. The van der Waals surface area contributed by atoms with Crippen LogP contribution in [0.25, 0.3) is 0 Å². The summed E-state index contributed by atoms with van der Waals surface area (Å²) in [5.74, 6) is -0.851. The van der Waals surface area contributed by atoms with Crippen molar-refractivity contribution in [2.75, 3.05) is 23.1 Å². The number of aromatic nitrogens is 1. The Labute approximate surface area is 189 Å². The van der Waals surface area contributed by atoms with Gasteiger partial charge in [-0.3, -0.25) is 4.72 Å². The molecule has 0 bridgehead atoms. The Morgan fingerprint density at radius 3 is 2.48 bits per heavy atom. The van der Waals surface area contributed by atoms with E-state index in [2.05, 4.69) is 15.0 Å². The van der Waals surface area contributed by atoms with Crippen molar-refractivity contribution in [3.8, 4) is 0 Å². The molecular weight excluding hydrogens is 461 g/mol. The van der Waals surface area contributed by atoms with Crippen LogP contribution >= 0.6 is 22.9 Å². The molecule has 3 aromatic rings.